The number of imidazole rings is 1. The Morgan fingerprint density at radius 3 is 2.44 bits per heavy atom. The molecule has 3 aromatic rings. The Hall–Kier alpha value is -3.89. The van der Waals surface area contributed by atoms with Crippen LogP contribution >= 0.6 is 11.6 Å². The number of aliphatic hydroxyl groups excluding tert-OH is 1. The second-order valence-corrected chi connectivity index (χ2v) is 8.59. The molecule has 3 heterocycles. The fraction of sp³-hybridized carbons (Fsp3) is 0.160. The van der Waals surface area contributed by atoms with Crippen LogP contribution in [0.5, 0.6) is 5.75 Å². The molecule has 2 aliphatic rings. The molecule has 2 aromatic carbocycles. The highest BCUT2D eigenvalue weighted by atomic mass is 35.5. The molecule has 0 radical (unpaired) electrons. The van der Waals surface area contributed by atoms with Crippen LogP contribution < -0.4 is 4.74 Å². The SMILES string of the molecule is COc1cc(-c2nnc3n([C@@H](CO)c4cc(F)c(F)c(F)c4)cc(Cl)cc2-3)ccc1-n1cnc(C)c1. The molecule has 0 amide bonds. The molecule has 1 aromatic heterocycles. The van der Waals surface area contributed by atoms with Gasteiger partial charge in [0.1, 0.15) is 11.4 Å². The first-order valence-electron chi connectivity index (χ1n) is 10.8. The fourth-order valence-corrected chi connectivity index (χ4v) is 4.38. The van der Waals surface area contributed by atoms with Crippen molar-refractivity contribution in [3.05, 3.63) is 88.9 Å². The number of methoxy groups -OCH3 is 1. The maximum absolute atomic E-state index is 13.9. The molecule has 0 bridgehead atoms. The first-order valence-corrected chi connectivity index (χ1v) is 11.2. The topological polar surface area (TPSA) is 78.0 Å². The normalized spacial score (nSPS) is 12.3. The summed E-state index contributed by atoms with van der Waals surface area (Å²) in [4.78, 5) is 4.25. The highest BCUT2D eigenvalue weighted by Gasteiger charge is 2.26. The Kier molecular flexibility index (Phi) is 6.15. The number of halogens is 4. The Morgan fingerprint density at radius 1 is 1.06 bits per heavy atom. The van der Waals surface area contributed by atoms with Crippen molar-refractivity contribution in [2.75, 3.05) is 13.7 Å². The minimum Gasteiger partial charge on any atom is -0.495 e. The van der Waals surface area contributed by atoms with E-state index in [0.29, 0.717) is 28.4 Å². The van der Waals surface area contributed by atoms with Gasteiger partial charge >= 0.3 is 0 Å². The molecular formula is C25H19ClF3N5O2. The smallest absolute Gasteiger partial charge is 0.194 e. The maximum atomic E-state index is 13.9. The number of aryl methyl sites for hydroxylation is 1. The van der Waals surface area contributed by atoms with Gasteiger partial charge < -0.3 is 19.0 Å². The molecule has 0 aliphatic carbocycles. The van der Waals surface area contributed by atoms with Gasteiger partial charge in [-0.2, -0.15) is 0 Å². The molecule has 1 N–H and O–H groups in total. The van der Waals surface area contributed by atoms with Crippen LogP contribution in [0.2, 0.25) is 5.02 Å². The predicted molar refractivity (Wildman–Crippen MR) is 127 cm³/mol. The third-order valence-electron chi connectivity index (χ3n) is 5.87. The van der Waals surface area contributed by atoms with Crippen LogP contribution in [0.25, 0.3) is 28.3 Å². The van der Waals surface area contributed by atoms with E-state index in [0.717, 1.165) is 23.5 Å². The van der Waals surface area contributed by atoms with Crippen LogP contribution in [-0.4, -0.2) is 43.1 Å². The molecule has 0 saturated carbocycles. The van der Waals surface area contributed by atoms with Crippen molar-refractivity contribution >= 4 is 11.6 Å². The maximum Gasteiger partial charge on any atom is 0.194 e. The number of benzene rings is 2. The summed E-state index contributed by atoms with van der Waals surface area (Å²) in [5, 5.41) is 18.9. The number of fused-ring (bicyclic) bond motifs is 1. The molecule has 0 saturated heterocycles. The summed E-state index contributed by atoms with van der Waals surface area (Å²) >= 11 is 6.38. The average Bonchev–Trinajstić information content (AvgIpc) is 3.48. The first kappa shape index (κ1) is 23.8. The Bertz CT molecular complexity index is 1530. The van der Waals surface area contributed by atoms with Crippen LogP contribution in [0.3, 0.4) is 0 Å². The summed E-state index contributed by atoms with van der Waals surface area (Å²) in [5.41, 5.74) is 3.35. The van der Waals surface area contributed by atoms with E-state index < -0.39 is 30.1 Å². The molecule has 0 spiro atoms. The van der Waals surface area contributed by atoms with Gasteiger partial charge in [-0.3, -0.25) is 0 Å². The van der Waals surface area contributed by atoms with E-state index in [4.69, 9.17) is 16.3 Å². The van der Waals surface area contributed by atoms with E-state index in [9.17, 15) is 18.3 Å². The van der Waals surface area contributed by atoms with E-state index >= 15 is 0 Å². The van der Waals surface area contributed by atoms with E-state index in [1.54, 1.807) is 25.6 Å². The van der Waals surface area contributed by atoms with Gasteiger partial charge in [0, 0.05) is 23.5 Å². The quantitative estimate of drug-likeness (QED) is 0.316. The largest absolute Gasteiger partial charge is 0.495 e. The summed E-state index contributed by atoms with van der Waals surface area (Å²) in [7, 11) is 1.55. The lowest BCUT2D eigenvalue weighted by atomic mass is 10.0. The Balaban J connectivity index is 1.59. The third kappa shape index (κ3) is 4.08. The Labute approximate surface area is 208 Å². The van der Waals surface area contributed by atoms with Gasteiger partial charge in [0.25, 0.3) is 0 Å². The van der Waals surface area contributed by atoms with Gasteiger partial charge in [0.2, 0.25) is 0 Å². The summed E-state index contributed by atoms with van der Waals surface area (Å²) in [5.74, 6) is -3.43. The number of rotatable bonds is 6. The van der Waals surface area contributed by atoms with Crippen molar-refractivity contribution in [3.8, 4) is 34.1 Å². The van der Waals surface area contributed by atoms with E-state index in [1.165, 1.54) is 10.8 Å². The van der Waals surface area contributed by atoms with E-state index in [-0.39, 0.29) is 10.6 Å². The fourth-order valence-electron chi connectivity index (χ4n) is 4.17. The molecule has 36 heavy (non-hydrogen) atoms. The number of hydrogen-bond donors (Lipinski definition) is 1. The number of ether oxygens (including phenoxy) is 1. The average molecular weight is 514 g/mol. The van der Waals surface area contributed by atoms with Gasteiger partial charge in [-0.1, -0.05) is 17.7 Å². The Morgan fingerprint density at radius 2 is 1.81 bits per heavy atom. The number of aliphatic hydroxyl groups is 1. The molecule has 11 heteroatoms. The minimum absolute atomic E-state index is 0.00802. The zero-order chi connectivity index (χ0) is 25.6. The van der Waals surface area contributed by atoms with Crippen LogP contribution in [0.1, 0.15) is 17.3 Å². The van der Waals surface area contributed by atoms with Crippen molar-refractivity contribution in [2.45, 2.75) is 13.0 Å². The summed E-state index contributed by atoms with van der Waals surface area (Å²) in [6.45, 7) is 1.33. The van der Waals surface area contributed by atoms with Gasteiger partial charge in [0.15, 0.2) is 23.3 Å². The van der Waals surface area contributed by atoms with Crippen molar-refractivity contribution in [1.82, 2.24) is 24.3 Å². The molecule has 0 unspecified atom stereocenters. The van der Waals surface area contributed by atoms with Crippen LogP contribution in [0, 0.1) is 24.4 Å². The second-order valence-electron chi connectivity index (χ2n) is 8.16. The van der Waals surface area contributed by atoms with Gasteiger partial charge in [-0.05, 0) is 42.8 Å². The number of nitrogens with zero attached hydrogens (tertiary/aromatic N) is 5. The predicted octanol–water partition coefficient (Wildman–Crippen LogP) is 5.21. The summed E-state index contributed by atoms with van der Waals surface area (Å²) in [6, 6.07) is 7.82. The number of pyridine rings is 1. The second kappa shape index (κ2) is 9.29. The van der Waals surface area contributed by atoms with Crippen LogP contribution in [-0.2, 0) is 0 Å². The van der Waals surface area contributed by atoms with Crippen molar-refractivity contribution in [3.63, 3.8) is 0 Å². The highest BCUT2D eigenvalue weighted by molar-refractivity contribution is 6.30. The highest BCUT2D eigenvalue weighted by Crippen LogP contribution is 2.38. The minimum atomic E-state index is -1.59. The molecule has 2 aliphatic heterocycles. The zero-order valence-corrected chi connectivity index (χ0v) is 19.8. The van der Waals surface area contributed by atoms with Crippen molar-refractivity contribution < 1.29 is 23.0 Å². The van der Waals surface area contributed by atoms with Gasteiger partial charge in [-0.25, -0.2) is 18.2 Å². The lowest BCUT2D eigenvalue weighted by Crippen LogP contribution is -2.18. The van der Waals surface area contributed by atoms with Gasteiger partial charge in [-0.15, -0.1) is 10.2 Å². The first-order chi connectivity index (χ1) is 17.3. The summed E-state index contributed by atoms with van der Waals surface area (Å²) < 4.78 is 50.2. The molecule has 0 fully saturated rings. The van der Waals surface area contributed by atoms with Crippen LogP contribution in [0.15, 0.2) is 55.1 Å². The summed E-state index contributed by atoms with van der Waals surface area (Å²) in [6.07, 6.45) is 5.02. The number of hydrogen-bond acceptors (Lipinski definition) is 5. The monoisotopic (exact) mass is 513 g/mol. The van der Waals surface area contributed by atoms with Crippen molar-refractivity contribution in [2.24, 2.45) is 0 Å². The zero-order valence-electron chi connectivity index (χ0n) is 19.1. The molecule has 1 atom stereocenters. The molecular weight excluding hydrogens is 495 g/mol. The molecule has 5 rings (SSSR count). The van der Waals surface area contributed by atoms with Crippen molar-refractivity contribution in [1.29, 1.82) is 0 Å². The van der Waals surface area contributed by atoms with E-state index in [2.05, 4.69) is 15.2 Å². The lowest BCUT2D eigenvalue weighted by molar-refractivity contribution is 0.248. The number of aromatic nitrogens is 5. The van der Waals surface area contributed by atoms with Gasteiger partial charge in [0.05, 0.1) is 42.5 Å². The molecule has 7 nitrogen and oxygen atoms in total. The lowest BCUT2D eigenvalue weighted by Gasteiger charge is -2.22. The third-order valence-corrected chi connectivity index (χ3v) is 6.08. The van der Waals surface area contributed by atoms with Crippen LogP contribution in [0.4, 0.5) is 13.2 Å². The van der Waals surface area contributed by atoms with E-state index in [1.807, 2.05) is 29.8 Å². The molecule has 184 valence electrons. The standard InChI is InChI=1S/C25H19ClF3N5O2/c1-13-9-33(12-30-13)20-4-3-14(7-22(20)36-2)24-17-8-16(26)10-34(25(17)32-31-24)21(11-35)15-5-18(27)23(29)19(28)6-15/h3-10,12,21,35H,11H2,1-2H3/t21-/m0/s1.